The van der Waals surface area contributed by atoms with Gasteiger partial charge < -0.3 is 10.1 Å². The molecule has 4 heteroatoms. The second-order valence-electron chi connectivity index (χ2n) is 5.35. The van der Waals surface area contributed by atoms with Crippen LogP contribution < -0.4 is 10.1 Å². The molecule has 22 heavy (non-hydrogen) atoms. The standard InChI is InChI=1S/C18H21Br2NO/c1-3-13(2)21-11-15-9-16(19)18(17(20)10-15)22-12-14-7-5-4-6-8-14/h4-10,13,21H,3,11-12H2,1-2H3/t13-/m0/s1. The van der Waals surface area contributed by atoms with Gasteiger partial charge in [-0.25, -0.2) is 0 Å². The lowest BCUT2D eigenvalue weighted by atomic mass is 10.2. The normalized spacial score (nSPS) is 12.2. The van der Waals surface area contributed by atoms with E-state index in [0.29, 0.717) is 12.6 Å². The summed E-state index contributed by atoms with van der Waals surface area (Å²) in [6.07, 6.45) is 1.13. The van der Waals surface area contributed by atoms with Gasteiger partial charge in [-0.1, -0.05) is 37.3 Å². The summed E-state index contributed by atoms with van der Waals surface area (Å²) in [5, 5.41) is 3.50. The van der Waals surface area contributed by atoms with Gasteiger partial charge in [0.15, 0.2) is 0 Å². The highest BCUT2D eigenvalue weighted by Crippen LogP contribution is 2.35. The summed E-state index contributed by atoms with van der Waals surface area (Å²) in [6, 6.07) is 14.9. The highest BCUT2D eigenvalue weighted by molar-refractivity contribution is 9.11. The van der Waals surface area contributed by atoms with Crippen LogP contribution in [0.2, 0.25) is 0 Å². The molecule has 1 atom stereocenters. The Balaban J connectivity index is 2.03. The molecule has 1 N–H and O–H groups in total. The third kappa shape index (κ3) is 5.11. The van der Waals surface area contributed by atoms with Gasteiger partial charge in [0.25, 0.3) is 0 Å². The molecule has 2 aromatic carbocycles. The van der Waals surface area contributed by atoms with Crippen LogP contribution >= 0.6 is 31.9 Å². The van der Waals surface area contributed by atoms with Gasteiger partial charge in [0.05, 0.1) is 8.95 Å². The van der Waals surface area contributed by atoms with Crippen LogP contribution in [0.15, 0.2) is 51.4 Å². The van der Waals surface area contributed by atoms with Crippen molar-refractivity contribution in [3.8, 4) is 5.75 Å². The lowest BCUT2D eigenvalue weighted by molar-refractivity contribution is 0.302. The molecule has 0 saturated heterocycles. The van der Waals surface area contributed by atoms with E-state index >= 15 is 0 Å². The van der Waals surface area contributed by atoms with E-state index in [2.05, 4.69) is 75.3 Å². The summed E-state index contributed by atoms with van der Waals surface area (Å²) in [6.45, 7) is 5.79. The monoisotopic (exact) mass is 425 g/mol. The number of halogens is 2. The number of hydrogen-bond acceptors (Lipinski definition) is 2. The Kier molecular flexibility index (Phi) is 6.93. The molecule has 0 heterocycles. The quantitative estimate of drug-likeness (QED) is 0.614. The van der Waals surface area contributed by atoms with Crippen LogP contribution in [0.1, 0.15) is 31.4 Å². The summed E-state index contributed by atoms with van der Waals surface area (Å²) in [7, 11) is 0. The highest BCUT2D eigenvalue weighted by Gasteiger charge is 2.10. The van der Waals surface area contributed by atoms with Crippen LogP contribution in [0.5, 0.6) is 5.75 Å². The smallest absolute Gasteiger partial charge is 0.148 e. The number of rotatable bonds is 7. The Morgan fingerprint density at radius 1 is 1.05 bits per heavy atom. The topological polar surface area (TPSA) is 21.3 Å². The van der Waals surface area contributed by atoms with Gasteiger partial charge in [-0.2, -0.15) is 0 Å². The van der Waals surface area contributed by atoms with E-state index in [9.17, 15) is 0 Å². The van der Waals surface area contributed by atoms with Crippen molar-refractivity contribution >= 4 is 31.9 Å². The zero-order chi connectivity index (χ0) is 15.9. The molecule has 2 aromatic rings. The zero-order valence-electron chi connectivity index (χ0n) is 12.9. The van der Waals surface area contributed by atoms with Crippen LogP contribution in [0, 0.1) is 0 Å². The van der Waals surface area contributed by atoms with Crippen molar-refractivity contribution in [1.82, 2.24) is 5.32 Å². The van der Waals surface area contributed by atoms with E-state index in [1.165, 1.54) is 5.56 Å². The van der Waals surface area contributed by atoms with Gasteiger partial charge in [0.1, 0.15) is 12.4 Å². The fraction of sp³-hybridized carbons (Fsp3) is 0.333. The van der Waals surface area contributed by atoms with Crippen molar-refractivity contribution < 1.29 is 4.74 Å². The summed E-state index contributed by atoms with van der Waals surface area (Å²) in [4.78, 5) is 0. The van der Waals surface area contributed by atoms with Crippen molar-refractivity contribution in [3.05, 3.63) is 62.5 Å². The molecule has 0 aliphatic carbocycles. The second-order valence-corrected chi connectivity index (χ2v) is 7.06. The van der Waals surface area contributed by atoms with Gasteiger partial charge >= 0.3 is 0 Å². The van der Waals surface area contributed by atoms with Crippen molar-refractivity contribution in [3.63, 3.8) is 0 Å². The number of nitrogens with one attached hydrogen (secondary N) is 1. The molecular weight excluding hydrogens is 406 g/mol. The first-order valence-corrected chi connectivity index (χ1v) is 9.06. The molecule has 0 aliphatic rings. The molecule has 2 rings (SSSR count). The minimum absolute atomic E-state index is 0.520. The van der Waals surface area contributed by atoms with Gasteiger partial charge in [-0.05, 0) is 68.5 Å². The van der Waals surface area contributed by atoms with Gasteiger partial charge in [-0.3, -0.25) is 0 Å². The van der Waals surface area contributed by atoms with Gasteiger partial charge in [-0.15, -0.1) is 0 Å². The Labute approximate surface area is 149 Å². The minimum atomic E-state index is 0.520. The van der Waals surface area contributed by atoms with Gasteiger partial charge in [0, 0.05) is 12.6 Å². The van der Waals surface area contributed by atoms with E-state index in [0.717, 1.165) is 33.2 Å². The Morgan fingerprint density at radius 3 is 2.27 bits per heavy atom. The fourth-order valence-corrected chi connectivity index (χ4v) is 3.53. The third-order valence-corrected chi connectivity index (χ3v) is 4.73. The lowest BCUT2D eigenvalue weighted by Crippen LogP contribution is -2.24. The van der Waals surface area contributed by atoms with Crippen LogP contribution in [0.25, 0.3) is 0 Å². The van der Waals surface area contributed by atoms with Crippen molar-refractivity contribution in [2.75, 3.05) is 0 Å². The molecule has 0 radical (unpaired) electrons. The van der Waals surface area contributed by atoms with Crippen LogP contribution in [0.3, 0.4) is 0 Å². The predicted molar refractivity (Wildman–Crippen MR) is 99.2 cm³/mol. The Bertz CT molecular complexity index is 578. The average Bonchev–Trinajstić information content (AvgIpc) is 2.52. The lowest BCUT2D eigenvalue weighted by Gasteiger charge is -2.15. The summed E-state index contributed by atoms with van der Waals surface area (Å²) >= 11 is 7.23. The molecule has 118 valence electrons. The van der Waals surface area contributed by atoms with Crippen molar-refractivity contribution in [2.45, 2.75) is 39.5 Å². The molecule has 0 bridgehead atoms. The van der Waals surface area contributed by atoms with Gasteiger partial charge in [0.2, 0.25) is 0 Å². The van der Waals surface area contributed by atoms with Crippen LogP contribution in [-0.4, -0.2) is 6.04 Å². The molecule has 0 fully saturated rings. The molecule has 0 unspecified atom stereocenters. The number of ether oxygens (including phenoxy) is 1. The fourth-order valence-electron chi connectivity index (χ4n) is 2.02. The van der Waals surface area contributed by atoms with Crippen molar-refractivity contribution in [2.24, 2.45) is 0 Å². The minimum Gasteiger partial charge on any atom is -0.487 e. The van der Waals surface area contributed by atoms with E-state index in [1.807, 2.05) is 18.2 Å². The number of benzene rings is 2. The van der Waals surface area contributed by atoms with Crippen LogP contribution in [-0.2, 0) is 13.2 Å². The van der Waals surface area contributed by atoms with E-state index in [4.69, 9.17) is 4.74 Å². The largest absolute Gasteiger partial charge is 0.487 e. The summed E-state index contributed by atoms with van der Waals surface area (Å²) in [5.41, 5.74) is 2.38. The molecule has 0 aliphatic heterocycles. The maximum Gasteiger partial charge on any atom is 0.148 e. The number of hydrogen-bond donors (Lipinski definition) is 1. The molecule has 0 aromatic heterocycles. The first kappa shape index (κ1) is 17.5. The van der Waals surface area contributed by atoms with E-state index in [-0.39, 0.29) is 0 Å². The molecular formula is C18H21Br2NO. The zero-order valence-corrected chi connectivity index (χ0v) is 16.1. The van der Waals surface area contributed by atoms with E-state index < -0.39 is 0 Å². The Hall–Kier alpha value is -0.840. The summed E-state index contributed by atoms with van der Waals surface area (Å²) in [5.74, 6) is 0.844. The maximum atomic E-state index is 5.94. The first-order valence-electron chi connectivity index (χ1n) is 7.48. The first-order chi connectivity index (χ1) is 10.6. The van der Waals surface area contributed by atoms with Crippen LogP contribution in [0.4, 0.5) is 0 Å². The Morgan fingerprint density at radius 2 is 1.68 bits per heavy atom. The molecule has 0 spiro atoms. The molecule has 0 amide bonds. The molecule has 2 nitrogen and oxygen atoms in total. The van der Waals surface area contributed by atoms with E-state index in [1.54, 1.807) is 0 Å². The molecule has 0 saturated carbocycles. The van der Waals surface area contributed by atoms with Crippen molar-refractivity contribution in [1.29, 1.82) is 0 Å². The summed E-state index contributed by atoms with van der Waals surface area (Å²) < 4.78 is 7.88. The third-order valence-electron chi connectivity index (χ3n) is 3.55. The highest BCUT2D eigenvalue weighted by atomic mass is 79.9. The maximum absolute atomic E-state index is 5.94. The average molecular weight is 427 g/mol. The second kappa shape index (κ2) is 8.70. The predicted octanol–water partition coefficient (Wildman–Crippen LogP) is 5.68. The SMILES string of the molecule is CC[C@H](C)NCc1cc(Br)c(OCc2ccccc2)c(Br)c1.